The van der Waals surface area contributed by atoms with Crippen LogP contribution < -0.4 is 0 Å². The normalized spacial score (nSPS) is 11.0. The number of aryl methyl sites for hydroxylation is 1. The predicted molar refractivity (Wildman–Crippen MR) is 76.7 cm³/mol. The summed E-state index contributed by atoms with van der Waals surface area (Å²) in [6, 6.07) is 9.67. The average Bonchev–Trinajstić information content (AvgIpc) is 3.04. The summed E-state index contributed by atoms with van der Waals surface area (Å²) < 4.78 is 0. The van der Waals surface area contributed by atoms with E-state index in [1.807, 2.05) is 25.1 Å². The molecule has 0 spiro atoms. The molecule has 0 saturated heterocycles. The Kier molecular flexibility index (Phi) is 3.13. The third-order valence-corrected chi connectivity index (χ3v) is 3.73. The van der Waals surface area contributed by atoms with Crippen molar-refractivity contribution in [1.82, 2.24) is 15.0 Å². The molecule has 0 radical (unpaired) electrons. The van der Waals surface area contributed by atoms with Crippen molar-refractivity contribution in [1.29, 1.82) is 0 Å². The third kappa shape index (κ3) is 2.56. The Labute approximate surface area is 114 Å². The number of carbonyl (C=O) groups is 1. The van der Waals surface area contributed by atoms with Crippen LogP contribution in [-0.4, -0.2) is 26.5 Å². The largest absolute Gasteiger partial charge is 0.359 e. The molecule has 3 aromatic rings. The molecular formula is C14H13N3OS. The molecule has 0 bridgehead atoms. The van der Waals surface area contributed by atoms with Gasteiger partial charge >= 0.3 is 0 Å². The maximum Gasteiger partial charge on any atom is 0.189 e. The number of H-pyrrole nitrogens is 2. The highest BCUT2D eigenvalue weighted by Gasteiger charge is 2.09. The summed E-state index contributed by atoms with van der Waals surface area (Å²) in [5, 5.41) is 0.778. The van der Waals surface area contributed by atoms with Gasteiger partial charge in [0.1, 0.15) is 0 Å². The van der Waals surface area contributed by atoms with Crippen LogP contribution in [0.5, 0.6) is 0 Å². The monoisotopic (exact) mass is 271 g/mol. The van der Waals surface area contributed by atoms with Gasteiger partial charge in [-0.05, 0) is 36.8 Å². The van der Waals surface area contributed by atoms with E-state index in [2.05, 4.69) is 21.0 Å². The Morgan fingerprint density at radius 1 is 1.37 bits per heavy atom. The summed E-state index contributed by atoms with van der Waals surface area (Å²) >= 11 is 1.42. The molecule has 2 N–H and O–H groups in total. The molecule has 2 heterocycles. The lowest BCUT2D eigenvalue weighted by atomic mass is 10.2. The molecule has 3 rings (SSSR count). The van der Waals surface area contributed by atoms with Crippen molar-refractivity contribution < 1.29 is 4.79 Å². The van der Waals surface area contributed by atoms with Crippen LogP contribution in [0.1, 0.15) is 16.1 Å². The zero-order valence-corrected chi connectivity index (χ0v) is 11.3. The highest BCUT2D eigenvalue weighted by molar-refractivity contribution is 7.99. The quantitative estimate of drug-likeness (QED) is 0.566. The molecular weight excluding hydrogens is 258 g/mol. The Bertz CT molecular complexity index is 715. The Morgan fingerprint density at radius 3 is 3.05 bits per heavy atom. The van der Waals surface area contributed by atoms with Crippen molar-refractivity contribution in [3.8, 4) is 0 Å². The van der Waals surface area contributed by atoms with E-state index in [0.717, 1.165) is 16.2 Å². The molecule has 19 heavy (non-hydrogen) atoms. The van der Waals surface area contributed by atoms with Crippen LogP contribution in [0.25, 0.3) is 11.0 Å². The molecule has 4 nitrogen and oxygen atoms in total. The average molecular weight is 271 g/mol. The van der Waals surface area contributed by atoms with Crippen LogP contribution in [0, 0.1) is 6.92 Å². The summed E-state index contributed by atoms with van der Waals surface area (Å²) in [6.07, 6.45) is 1.75. The summed E-state index contributed by atoms with van der Waals surface area (Å²) in [5.41, 5.74) is 3.77. The van der Waals surface area contributed by atoms with E-state index in [4.69, 9.17) is 0 Å². The second-order valence-electron chi connectivity index (χ2n) is 4.36. The Balaban J connectivity index is 1.73. The molecule has 1 aromatic carbocycles. The van der Waals surface area contributed by atoms with Crippen molar-refractivity contribution >= 4 is 28.6 Å². The summed E-state index contributed by atoms with van der Waals surface area (Å²) in [6.45, 7) is 2.04. The van der Waals surface area contributed by atoms with Crippen molar-refractivity contribution in [2.75, 3.05) is 5.75 Å². The summed E-state index contributed by atoms with van der Waals surface area (Å²) in [4.78, 5) is 22.4. The van der Waals surface area contributed by atoms with E-state index in [1.54, 1.807) is 12.3 Å². The van der Waals surface area contributed by atoms with Gasteiger partial charge in [0.2, 0.25) is 0 Å². The minimum absolute atomic E-state index is 0.0756. The maximum atomic E-state index is 11.9. The van der Waals surface area contributed by atoms with Gasteiger partial charge in [-0.15, -0.1) is 0 Å². The van der Waals surface area contributed by atoms with Crippen molar-refractivity contribution in [3.05, 3.63) is 47.8 Å². The van der Waals surface area contributed by atoms with Gasteiger partial charge in [-0.25, -0.2) is 4.98 Å². The number of hydrogen-bond donors (Lipinski definition) is 2. The van der Waals surface area contributed by atoms with Crippen LogP contribution in [0.15, 0.2) is 41.7 Å². The van der Waals surface area contributed by atoms with Gasteiger partial charge < -0.3 is 9.97 Å². The van der Waals surface area contributed by atoms with E-state index in [-0.39, 0.29) is 5.78 Å². The fourth-order valence-electron chi connectivity index (χ4n) is 1.88. The molecule has 0 amide bonds. The van der Waals surface area contributed by atoms with E-state index < -0.39 is 0 Å². The first kappa shape index (κ1) is 12.0. The summed E-state index contributed by atoms with van der Waals surface area (Å²) in [5.74, 6) is 0.450. The van der Waals surface area contributed by atoms with E-state index >= 15 is 0 Å². The number of nitrogens with zero attached hydrogens (tertiary/aromatic N) is 1. The highest BCUT2D eigenvalue weighted by Crippen LogP contribution is 2.20. The number of rotatable bonds is 4. The second-order valence-corrected chi connectivity index (χ2v) is 5.32. The van der Waals surface area contributed by atoms with Gasteiger partial charge in [-0.2, -0.15) is 0 Å². The SMILES string of the molecule is Cc1ccc2nc(SCC(=O)c3ccc[nH]3)[nH]c2c1. The minimum Gasteiger partial charge on any atom is -0.359 e. The molecule has 0 saturated carbocycles. The topological polar surface area (TPSA) is 61.5 Å². The fourth-order valence-corrected chi connectivity index (χ4v) is 2.65. The number of aromatic nitrogens is 3. The third-order valence-electron chi connectivity index (χ3n) is 2.85. The number of aromatic amines is 2. The molecule has 0 unspecified atom stereocenters. The lowest BCUT2D eigenvalue weighted by Crippen LogP contribution is -2.02. The zero-order chi connectivity index (χ0) is 13.2. The Morgan fingerprint density at radius 2 is 2.26 bits per heavy atom. The van der Waals surface area contributed by atoms with E-state index in [1.165, 1.54) is 17.3 Å². The first-order valence-electron chi connectivity index (χ1n) is 5.98. The number of imidazole rings is 1. The van der Waals surface area contributed by atoms with Crippen LogP contribution in [0.3, 0.4) is 0 Å². The first-order chi connectivity index (χ1) is 9.22. The molecule has 0 aliphatic heterocycles. The van der Waals surface area contributed by atoms with Gasteiger partial charge in [0.15, 0.2) is 10.9 Å². The van der Waals surface area contributed by atoms with Gasteiger partial charge in [0.05, 0.1) is 22.5 Å². The lowest BCUT2D eigenvalue weighted by molar-refractivity contribution is 0.101. The van der Waals surface area contributed by atoms with Crippen LogP contribution in [0.2, 0.25) is 0 Å². The van der Waals surface area contributed by atoms with Gasteiger partial charge in [0.25, 0.3) is 0 Å². The van der Waals surface area contributed by atoms with Crippen LogP contribution in [-0.2, 0) is 0 Å². The van der Waals surface area contributed by atoms with Crippen molar-refractivity contribution in [2.45, 2.75) is 12.1 Å². The molecule has 96 valence electrons. The molecule has 5 heteroatoms. The number of hydrogen-bond acceptors (Lipinski definition) is 3. The predicted octanol–water partition coefficient (Wildman–Crippen LogP) is 3.17. The lowest BCUT2D eigenvalue weighted by Gasteiger charge is -1.95. The fraction of sp³-hybridized carbons (Fsp3) is 0.143. The number of nitrogens with one attached hydrogen (secondary N) is 2. The molecule has 0 aliphatic carbocycles. The Hall–Kier alpha value is -2.01. The number of thioether (sulfide) groups is 1. The van der Waals surface area contributed by atoms with Gasteiger partial charge in [-0.3, -0.25) is 4.79 Å². The standard InChI is InChI=1S/C14H13N3OS/c1-9-4-5-10-12(7-9)17-14(16-10)19-8-13(18)11-3-2-6-15-11/h2-7,15H,8H2,1H3,(H,16,17). The molecule has 0 aliphatic rings. The van der Waals surface area contributed by atoms with Gasteiger partial charge in [0, 0.05) is 6.20 Å². The zero-order valence-electron chi connectivity index (χ0n) is 10.4. The highest BCUT2D eigenvalue weighted by atomic mass is 32.2. The number of fused-ring (bicyclic) bond motifs is 1. The number of Topliss-reactive ketones (excluding diaryl/α,β-unsaturated/α-hetero) is 1. The first-order valence-corrected chi connectivity index (χ1v) is 6.97. The van der Waals surface area contributed by atoms with Crippen LogP contribution >= 0.6 is 11.8 Å². The number of benzene rings is 1. The summed E-state index contributed by atoms with van der Waals surface area (Å²) in [7, 11) is 0. The number of ketones is 1. The van der Waals surface area contributed by atoms with E-state index in [0.29, 0.717) is 11.4 Å². The molecule has 2 aromatic heterocycles. The molecule has 0 fully saturated rings. The maximum absolute atomic E-state index is 11.9. The smallest absolute Gasteiger partial charge is 0.189 e. The second kappa shape index (κ2) is 4.93. The minimum atomic E-state index is 0.0756. The number of carbonyl (C=O) groups excluding carboxylic acids is 1. The van der Waals surface area contributed by atoms with Gasteiger partial charge in [-0.1, -0.05) is 17.8 Å². The van der Waals surface area contributed by atoms with Crippen molar-refractivity contribution in [3.63, 3.8) is 0 Å². The van der Waals surface area contributed by atoms with Crippen LogP contribution in [0.4, 0.5) is 0 Å². The molecule has 0 atom stereocenters. The van der Waals surface area contributed by atoms with Crippen molar-refractivity contribution in [2.24, 2.45) is 0 Å². The van der Waals surface area contributed by atoms with E-state index in [9.17, 15) is 4.79 Å².